The molecule has 0 N–H and O–H groups in total. The van der Waals surface area contributed by atoms with E-state index in [0.29, 0.717) is 26.0 Å². The Morgan fingerprint density at radius 3 is 2.81 bits per heavy atom. The van der Waals surface area contributed by atoms with Crippen LogP contribution >= 0.6 is 39.3 Å². The monoisotopic (exact) mass is 488 g/mol. The molecule has 2 heterocycles. The van der Waals surface area contributed by atoms with E-state index in [1.54, 1.807) is 24.3 Å². The first-order valence-electron chi connectivity index (χ1n) is 8.22. The Bertz CT molecular complexity index is 1030. The number of hydrogen-bond donors (Lipinski definition) is 0. The third-order valence-electron chi connectivity index (χ3n) is 4.57. The smallest absolute Gasteiger partial charge is 0.164 e. The summed E-state index contributed by atoms with van der Waals surface area (Å²) in [5.74, 6) is 0.226. The highest BCUT2D eigenvalue weighted by molar-refractivity contribution is 9.10. The van der Waals surface area contributed by atoms with Gasteiger partial charge in [0.1, 0.15) is 5.82 Å². The predicted octanol–water partition coefficient (Wildman–Crippen LogP) is 4.52. The van der Waals surface area contributed by atoms with Gasteiger partial charge in [-0.05, 0) is 35.9 Å². The summed E-state index contributed by atoms with van der Waals surface area (Å²) in [5, 5.41) is 1.27. The maximum absolute atomic E-state index is 14.1. The maximum Gasteiger partial charge on any atom is 0.164 e. The number of thioether (sulfide) groups is 1. The van der Waals surface area contributed by atoms with Crippen LogP contribution in [0.3, 0.4) is 0 Å². The summed E-state index contributed by atoms with van der Waals surface area (Å²) in [5.41, 5.74) is 1.37. The molecular weight excluding hydrogens is 475 g/mol. The quantitative estimate of drug-likeness (QED) is 0.636. The van der Waals surface area contributed by atoms with Crippen LogP contribution < -0.4 is 4.90 Å². The Morgan fingerprint density at radius 1 is 1.26 bits per heavy atom. The SMILES string of the molecule is O=S1(=O)C[C@@H]2[C@@H](C1)N=C(SCc1ccc(Br)cc1F)N2c1cccc(Cl)c1. The maximum atomic E-state index is 14.1. The number of halogens is 3. The van der Waals surface area contributed by atoms with E-state index in [4.69, 9.17) is 11.6 Å². The minimum atomic E-state index is -3.11. The highest BCUT2D eigenvalue weighted by Gasteiger charge is 2.47. The largest absolute Gasteiger partial charge is 0.315 e. The third kappa shape index (κ3) is 4.04. The summed E-state index contributed by atoms with van der Waals surface area (Å²) >= 11 is 10.8. The van der Waals surface area contributed by atoms with Gasteiger partial charge in [0.15, 0.2) is 15.0 Å². The lowest BCUT2D eigenvalue weighted by molar-refractivity contribution is 0.601. The molecule has 0 bridgehead atoms. The lowest BCUT2D eigenvalue weighted by atomic mass is 10.1. The molecule has 2 aliphatic rings. The summed E-state index contributed by atoms with van der Waals surface area (Å²) < 4.78 is 39.0. The molecule has 0 aliphatic carbocycles. The average molecular weight is 490 g/mol. The first-order chi connectivity index (χ1) is 12.8. The zero-order valence-corrected chi connectivity index (χ0v) is 18.0. The van der Waals surface area contributed by atoms with Crippen molar-refractivity contribution in [3.8, 4) is 0 Å². The third-order valence-corrected chi connectivity index (χ3v) is 8.01. The fraction of sp³-hybridized carbons (Fsp3) is 0.278. The van der Waals surface area contributed by atoms with E-state index < -0.39 is 9.84 Å². The van der Waals surface area contributed by atoms with Crippen molar-refractivity contribution in [2.45, 2.75) is 17.8 Å². The van der Waals surface area contributed by atoms with Crippen LogP contribution in [0.25, 0.3) is 0 Å². The van der Waals surface area contributed by atoms with Crippen molar-refractivity contribution in [3.63, 3.8) is 0 Å². The zero-order valence-electron chi connectivity index (χ0n) is 14.0. The van der Waals surface area contributed by atoms with Gasteiger partial charge < -0.3 is 4.90 Å². The van der Waals surface area contributed by atoms with E-state index >= 15 is 0 Å². The second kappa shape index (κ2) is 7.39. The Morgan fingerprint density at radius 2 is 2.07 bits per heavy atom. The van der Waals surface area contributed by atoms with Crippen LogP contribution in [0.1, 0.15) is 5.56 Å². The molecule has 1 saturated heterocycles. The van der Waals surface area contributed by atoms with Crippen molar-refractivity contribution in [1.82, 2.24) is 0 Å². The van der Waals surface area contributed by atoms with Gasteiger partial charge in [0.05, 0.1) is 23.6 Å². The number of fused-ring (bicyclic) bond motifs is 1. The van der Waals surface area contributed by atoms with E-state index in [1.165, 1.54) is 17.8 Å². The Labute approximate surface area is 174 Å². The Kier molecular flexibility index (Phi) is 5.26. The molecule has 2 aromatic rings. The number of hydrogen-bond acceptors (Lipinski definition) is 5. The molecule has 27 heavy (non-hydrogen) atoms. The molecule has 4 rings (SSSR count). The van der Waals surface area contributed by atoms with Gasteiger partial charge in [-0.25, -0.2) is 12.8 Å². The van der Waals surface area contributed by atoms with Crippen molar-refractivity contribution in [2.24, 2.45) is 4.99 Å². The van der Waals surface area contributed by atoms with E-state index in [2.05, 4.69) is 20.9 Å². The fourth-order valence-electron chi connectivity index (χ4n) is 3.34. The molecule has 0 saturated carbocycles. The van der Waals surface area contributed by atoms with Crippen LogP contribution in [-0.4, -0.2) is 37.2 Å². The molecule has 1 fully saturated rings. The van der Waals surface area contributed by atoms with Crippen LogP contribution in [-0.2, 0) is 15.6 Å². The van der Waals surface area contributed by atoms with Gasteiger partial charge >= 0.3 is 0 Å². The molecule has 0 radical (unpaired) electrons. The number of sulfone groups is 1. The summed E-state index contributed by atoms with van der Waals surface area (Å²) in [6, 6.07) is 11.7. The van der Waals surface area contributed by atoms with E-state index in [1.807, 2.05) is 17.0 Å². The molecule has 0 unspecified atom stereocenters. The summed E-state index contributed by atoms with van der Waals surface area (Å²) in [4.78, 5) is 6.58. The fourth-order valence-corrected chi connectivity index (χ4v) is 6.81. The summed E-state index contributed by atoms with van der Waals surface area (Å²) in [6.45, 7) is 0. The average Bonchev–Trinajstić information content (AvgIpc) is 3.05. The van der Waals surface area contributed by atoms with Gasteiger partial charge in [-0.2, -0.15) is 0 Å². The van der Waals surface area contributed by atoms with Gasteiger partial charge in [0.25, 0.3) is 0 Å². The van der Waals surface area contributed by atoms with Crippen LogP contribution in [0, 0.1) is 5.82 Å². The van der Waals surface area contributed by atoms with Crippen molar-refractivity contribution >= 4 is 60.0 Å². The highest BCUT2D eigenvalue weighted by atomic mass is 79.9. The lowest BCUT2D eigenvalue weighted by Crippen LogP contribution is -2.39. The molecular formula is C18H15BrClFN2O2S2. The van der Waals surface area contributed by atoms with Gasteiger partial charge in [-0.1, -0.05) is 51.4 Å². The van der Waals surface area contributed by atoms with E-state index in [-0.39, 0.29) is 29.4 Å². The second-order valence-electron chi connectivity index (χ2n) is 6.50. The lowest BCUT2D eigenvalue weighted by Gasteiger charge is -2.26. The first-order valence-corrected chi connectivity index (χ1v) is 12.2. The number of aliphatic imine (C=N–C) groups is 1. The highest BCUT2D eigenvalue weighted by Crippen LogP contribution is 2.37. The van der Waals surface area contributed by atoms with Crippen LogP contribution in [0.5, 0.6) is 0 Å². The predicted molar refractivity (Wildman–Crippen MR) is 113 cm³/mol. The van der Waals surface area contributed by atoms with Gasteiger partial charge in [0, 0.05) is 20.9 Å². The van der Waals surface area contributed by atoms with Crippen molar-refractivity contribution in [3.05, 3.63) is 63.3 Å². The molecule has 142 valence electrons. The van der Waals surface area contributed by atoms with E-state index in [9.17, 15) is 12.8 Å². The second-order valence-corrected chi connectivity index (χ2v) is 10.9. The molecule has 2 atom stereocenters. The molecule has 2 aromatic carbocycles. The number of nitrogens with zero attached hydrogens (tertiary/aromatic N) is 2. The van der Waals surface area contributed by atoms with E-state index in [0.717, 1.165) is 5.69 Å². The van der Waals surface area contributed by atoms with Crippen molar-refractivity contribution < 1.29 is 12.8 Å². The minimum Gasteiger partial charge on any atom is -0.315 e. The number of rotatable bonds is 3. The molecule has 4 nitrogen and oxygen atoms in total. The molecule has 9 heteroatoms. The van der Waals surface area contributed by atoms with Crippen molar-refractivity contribution in [2.75, 3.05) is 16.4 Å². The minimum absolute atomic E-state index is 0.0471. The zero-order chi connectivity index (χ0) is 19.2. The van der Waals surface area contributed by atoms with Gasteiger partial charge in [0.2, 0.25) is 0 Å². The Balaban J connectivity index is 1.63. The van der Waals surface area contributed by atoms with Gasteiger partial charge in [-0.15, -0.1) is 0 Å². The summed E-state index contributed by atoms with van der Waals surface area (Å²) in [7, 11) is -3.11. The van der Waals surface area contributed by atoms with Crippen LogP contribution in [0.2, 0.25) is 5.02 Å². The number of amidine groups is 1. The Hall–Kier alpha value is -1.09. The number of anilines is 1. The normalized spacial score (nSPS) is 23.4. The molecule has 0 amide bonds. The van der Waals surface area contributed by atoms with Crippen LogP contribution in [0.15, 0.2) is 51.9 Å². The molecule has 0 aromatic heterocycles. The standard InChI is InChI=1S/C18H15BrClFN2O2S2/c19-12-5-4-11(15(21)6-12)8-26-18-22-16-9-27(24,25)10-17(16)23(18)14-3-1-2-13(20)7-14/h1-7,16-17H,8-10H2/t16-,17-/m1/s1. The van der Waals surface area contributed by atoms with Crippen molar-refractivity contribution in [1.29, 1.82) is 0 Å². The van der Waals surface area contributed by atoms with Crippen LogP contribution in [0.4, 0.5) is 10.1 Å². The van der Waals surface area contributed by atoms with Gasteiger partial charge in [-0.3, -0.25) is 4.99 Å². The first kappa shape index (κ1) is 19.2. The molecule has 2 aliphatic heterocycles. The number of benzene rings is 2. The molecule has 0 spiro atoms. The topological polar surface area (TPSA) is 49.7 Å². The summed E-state index contributed by atoms with van der Waals surface area (Å²) in [6.07, 6.45) is 0.